The summed E-state index contributed by atoms with van der Waals surface area (Å²) in [5.41, 5.74) is 1.15. The molecule has 1 unspecified atom stereocenters. The molecule has 4 heteroatoms. The molecule has 1 atom stereocenters. The molecule has 0 radical (unpaired) electrons. The molecule has 1 aliphatic heterocycles. The van der Waals surface area contributed by atoms with E-state index >= 15 is 0 Å². The number of carbonyl (C=O) groups is 1. The van der Waals surface area contributed by atoms with Crippen molar-refractivity contribution in [3.05, 3.63) is 60.2 Å². The van der Waals surface area contributed by atoms with Gasteiger partial charge in [-0.15, -0.1) is 11.8 Å². The van der Waals surface area contributed by atoms with Crippen LogP contribution in [0.25, 0.3) is 0 Å². The maximum absolute atomic E-state index is 12.9. The van der Waals surface area contributed by atoms with E-state index in [9.17, 15) is 4.79 Å². The number of hydrogen-bond donors (Lipinski definition) is 0. The van der Waals surface area contributed by atoms with E-state index in [-0.39, 0.29) is 11.3 Å². The van der Waals surface area contributed by atoms with Crippen molar-refractivity contribution in [2.75, 3.05) is 12.3 Å². The van der Waals surface area contributed by atoms with Gasteiger partial charge in [-0.3, -0.25) is 4.79 Å². The molecule has 1 amide bonds. The normalized spacial score (nSPS) is 20.8. The van der Waals surface area contributed by atoms with Crippen LogP contribution in [-0.4, -0.2) is 23.1 Å². The Morgan fingerprint density at radius 3 is 2.56 bits per heavy atom. The standard InChI is InChI=1S/C21H23NO2S/c23-20(16-7-4-5-8-16)22-13-14-25-21(22)17-9-6-12-19(15-17)24-18-10-2-1-3-11-18/h1-3,6,9-12,15-16,21H,4-5,7-8,13-14H2. The van der Waals surface area contributed by atoms with Gasteiger partial charge < -0.3 is 9.64 Å². The number of hydrogen-bond acceptors (Lipinski definition) is 3. The van der Waals surface area contributed by atoms with Crippen molar-refractivity contribution in [2.45, 2.75) is 31.1 Å². The fraction of sp³-hybridized carbons (Fsp3) is 0.381. The van der Waals surface area contributed by atoms with Gasteiger partial charge in [-0.05, 0) is 42.7 Å². The predicted octanol–water partition coefficient (Wildman–Crippen LogP) is 5.24. The smallest absolute Gasteiger partial charge is 0.226 e. The van der Waals surface area contributed by atoms with Crippen LogP contribution in [0.4, 0.5) is 0 Å². The third-order valence-electron chi connectivity index (χ3n) is 5.00. The molecule has 25 heavy (non-hydrogen) atoms. The second-order valence-electron chi connectivity index (χ2n) is 6.72. The van der Waals surface area contributed by atoms with Gasteiger partial charge in [0.15, 0.2) is 0 Å². The summed E-state index contributed by atoms with van der Waals surface area (Å²) in [5.74, 6) is 3.25. The molecule has 0 N–H and O–H groups in total. The van der Waals surface area contributed by atoms with Crippen molar-refractivity contribution in [1.29, 1.82) is 0 Å². The van der Waals surface area contributed by atoms with Gasteiger partial charge >= 0.3 is 0 Å². The summed E-state index contributed by atoms with van der Waals surface area (Å²) < 4.78 is 5.96. The lowest BCUT2D eigenvalue weighted by molar-refractivity contribution is -0.135. The number of nitrogens with zero attached hydrogens (tertiary/aromatic N) is 1. The van der Waals surface area contributed by atoms with Crippen LogP contribution in [0.5, 0.6) is 11.5 Å². The predicted molar refractivity (Wildman–Crippen MR) is 102 cm³/mol. The minimum absolute atomic E-state index is 0.118. The molecule has 130 valence electrons. The van der Waals surface area contributed by atoms with E-state index in [0.717, 1.165) is 42.2 Å². The zero-order valence-corrected chi connectivity index (χ0v) is 15.1. The first-order chi connectivity index (χ1) is 12.3. The lowest BCUT2D eigenvalue weighted by Crippen LogP contribution is -2.34. The number of ether oxygens (including phenoxy) is 1. The van der Waals surface area contributed by atoms with E-state index < -0.39 is 0 Å². The van der Waals surface area contributed by atoms with Crippen molar-refractivity contribution < 1.29 is 9.53 Å². The average molecular weight is 353 g/mol. The largest absolute Gasteiger partial charge is 0.457 e. The lowest BCUT2D eigenvalue weighted by atomic mass is 10.1. The summed E-state index contributed by atoms with van der Waals surface area (Å²) in [7, 11) is 0. The van der Waals surface area contributed by atoms with Crippen LogP contribution in [0.3, 0.4) is 0 Å². The monoisotopic (exact) mass is 353 g/mol. The summed E-state index contributed by atoms with van der Waals surface area (Å²) in [6, 6.07) is 18.0. The van der Waals surface area contributed by atoms with Crippen LogP contribution in [-0.2, 0) is 4.79 Å². The summed E-state index contributed by atoms with van der Waals surface area (Å²) in [5, 5.41) is 0.118. The van der Waals surface area contributed by atoms with Gasteiger partial charge in [0.2, 0.25) is 5.91 Å². The van der Waals surface area contributed by atoms with Gasteiger partial charge in [-0.2, -0.15) is 0 Å². The molecule has 4 rings (SSSR count). The Kier molecular flexibility index (Phi) is 4.97. The highest BCUT2D eigenvalue weighted by Gasteiger charge is 2.35. The molecule has 2 aromatic carbocycles. The molecule has 0 aromatic heterocycles. The minimum Gasteiger partial charge on any atom is -0.457 e. The third kappa shape index (κ3) is 3.69. The lowest BCUT2D eigenvalue weighted by Gasteiger charge is -2.27. The van der Waals surface area contributed by atoms with E-state index in [1.54, 1.807) is 0 Å². The average Bonchev–Trinajstić information content (AvgIpc) is 3.34. The Morgan fingerprint density at radius 2 is 1.76 bits per heavy atom. The van der Waals surface area contributed by atoms with E-state index in [4.69, 9.17) is 4.74 Å². The zero-order chi connectivity index (χ0) is 17.1. The van der Waals surface area contributed by atoms with Crippen LogP contribution < -0.4 is 4.74 Å². The highest BCUT2D eigenvalue weighted by molar-refractivity contribution is 7.99. The quantitative estimate of drug-likeness (QED) is 0.752. The molecule has 1 heterocycles. The van der Waals surface area contributed by atoms with Gasteiger partial charge in [0.25, 0.3) is 0 Å². The van der Waals surface area contributed by atoms with Crippen LogP contribution in [0, 0.1) is 5.92 Å². The molecular formula is C21H23NO2S. The van der Waals surface area contributed by atoms with Crippen molar-refractivity contribution >= 4 is 17.7 Å². The fourth-order valence-corrected chi connectivity index (χ4v) is 4.99. The van der Waals surface area contributed by atoms with Crippen molar-refractivity contribution in [2.24, 2.45) is 5.92 Å². The second-order valence-corrected chi connectivity index (χ2v) is 7.91. The molecule has 1 saturated heterocycles. The van der Waals surface area contributed by atoms with E-state index in [1.807, 2.05) is 54.2 Å². The van der Waals surface area contributed by atoms with E-state index in [1.165, 1.54) is 12.8 Å². The Balaban J connectivity index is 1.52. The fourth-order valence-electron chi connectivity index (χ4n) is 3.74. The summed E-state index contributed by atoms with van der Waals surface area (Å²) in [4.78, 5) is 15.0. The molecule has 1 saturated carbocycles. The van der Waals surface area contributed by atoms with E-state index in [0.29, 0.717) is 5.91 Å². The van der Waals surface area contributed by atoms with Crippen LogP contribution in [0.2, 0.25) is 0 Å². The SMILES string of the molecule is O=C(C1CCCC1)N1CCSC1c1cccc(Oc2ccccc2)c1. The molecule has 1 aliphatic carbocycles. The topological polar surface area (TPSA) is 29.5 Å². The second kappa shape index (κ2) is 7.52. The molecule has 2 aliphatic rings. The number of benzene rings is 2. The number of rotatable bonds is 4. The first-order valence-electron chi connectivity index (χ1n) is 9.06. The third-order valence-corrected chi connectivity index (χ3v) is 6.26. The maximum atomic E-state index is 12.9. The van der Waals surface area contributed by atoms with Crippen molar-refractivity contribution in [3.8, 4) is 11.5 Å². The molecule has 0 spiro atoms. The minimum atomic E-state index is 0.118. The maximum Gasteiger partial charge on any atom is 0.226 e. The Hall–Kier alpha value is -1.94. The molecule has 2 aromatic rings. The van der Waals surface area contributed by atoms with Crippen molar-refractivity contribution in [1.82, 2.24) is 4.90 Å². The van der Waals surface area contributed by atoms with Crippen LogP contribution in [0.1, 0.15) is 36.6 Å². The van der Waals surface area contributed by atoms with Crippen molar-refractivity contribution in [3.63, 3.8) is 0 Å². The number of thioether (sulfide) groups is 1. The Labute approximate surface area is 153 Å². The summed E-state index contributed by atoms with van der Waals surface area (Å²) in [6.07, 6.45) is 4.51. The van der Waals surface area contributed by atoms with Crippen LogP contribution in [0.15, 0.2) is 54.6 Å². The van der Waals surface area contributed by atoms with E-state index in [2.05, 4.69) is 17.0 Å². The van der Waals surface area contributed by atoms with Gasteiger partial charge in [-0.1, -0.05) is 43.2 Å². The molecular weight excluding hydrogens is 330 g/mol. The van der Waals surface area contributed by atoms with Gasteiger partial charge in [0.1, 0.15) is 16.9 Å². The summed E-state index contributed by atoms with van der Waals surface area (Å²) in [6.45, 7) is 0.856. The van der Waals surface area contributed by atoms with Crippen LogP contribution >= 0.6 is 11.8 Å². The summed E-state index contributed by atoms with van der Waals surface area (Å²) >= 11 is 1.86. The zero-order valence-electron chi connectivity index (χ0n) is 14.3. The van der Waals surface area contributed by atoms with Gasteiger partial charge in [0.05, 0.1) is 0 Å². The highest BCUT2D eigenvalue weighted by atomic mass is 32.2. The number of carbonyl (C=O) groups excluding carboxylic acids is 1. The Bertz CT molecular complexity index is 728. The first kappa shape index (κ1) is 16.5. The van der Waals surface area contributed by atoms with Gasteiger partial charge in [0, 0.05) is 18.2 Å². The Morgan fingerprint density at radius 1 is 1.00 bits per heavy atom. The molecule has 0 bridgehead atoms. The first-order valence-corrected chi connectivity index (χ1v) is 10.1. The highest BCUT2D eigenvalue weighted by Crippen LogP contribution is 2.41. The molecule has 2 fully saturated rings. The number of para-hydroxylation sites is 1. The van der Waals surface area contributed by atoms with Gasteiger partial charge in [-0.25, -0.2) is 0 Å². The number of amides is 1. The molecule has 3 nitrogen and oxygen atoms in total.